The summed E-state index contributed by atoms with van der Waals surface area (Å²) in [6, 6.07) is 5.42. The molecule has 0 spiro atoms. The highest BCUT2D eigenvalue weighted by Gasteiger charge is 2.17. The van der Waals surface area contributed by atoms with Gasteiger partial charge < -0.3 is 20.5 Å². The molecule has 0 aliphatic heterocycles. The number of thiazole rings is 1. The number of methoxy groups -OCH3 is 2. The highest BCUT2D eigenvalue weighted by atomic mass is 32.1. The molecule has 1 aromatic heterocycles. The summed E-state index contributed by atoms with van der Waals surface area (Å²) < 4.78 is 10.6. The molecule has 1 aromatic carbocycles. The molecule has 0 aliphatic rings. The molecule has 0 bridgehead atoms. The summed E-state index contributed by atoms with van der Waals surface area (Å²) in [5.74, 6) is 1.49. The Morgan fingerprint density at radius 1 is 1.32 bits per heavy atom. The Kier molecular flexibility index (Phi) is 6.78. The lowest BCUT2D eigenvalue weighted by atomic mass is 10.1. The van der Waals surface area contributed by atoms with Crippen LogP contribution in [0.4, 0.5) is 0 Å². The maximum absolute atomic E-state index is 12.4. The molecule has 2 rings (SSSR count). The highest BCUT2D eigenvalue weighted by molar-refractivity contribution is 7.09. The Morgan fingerprint density at radius 2 is 2.08 bits per heavy atom. The molecule has 0 aliphatic carbocycles. The number of para-hydroxylation sites is 1. The molecule has 3 N–H and O–H groups in total. The van der Waals surface area contributed by atoms with Gasteiger partial charge in [0, 0.05) is 17.5 Å². The molecule has 2 aromatic rings. The van der Waals surface area contributed by atoms with Crippen LogP contribution in [0.25, 0.3) is 0 Å². The van der Waals surface area contributed by atoms with Crippen LogP contribution in [0.2, 0.25) is 0 Å². The van der Waals surface area contributed by atoms with Crippen LogP contribution in [0.1, 0.15) is 47.4 Å². The van der Waals surface area contributed by atoms with Gasteiger partial charge in [0.25, 0.3) is 5.91 Å². The van der Waals surface area contributed by atoms with Gasteiger partial charge in [-0.25, -0.2) is 4.98 Å². The third kappa shape index (κ3) is 4.93. The van der Waals surface area contributed by atoms with Gasteiger partial charge in [-0.1, -0.05) is 26.0 Å². The fraction of sp³-hybridized carbons (Fsp3) is 0.444. The number of carbonyl (C=O) groups excluding carboxylic acids is 1. The molecule has 1 atom stereocenters. The van der Waals surface area contributed by atoms with Gasteiger partial charge in [-0.3, -0.25) is 4.79 Å². The van der Waals surface area contributed by atoms with E-state index in [0.717, 1.165) is 17.0 Å². The van der Waals surface area contributed by atoms with Crippen LogP contribution >= 0.6 is 11.3 Å². The van der Waals surface area contributed by atoms with Gasteiger partial charge in [0.2, 0.25) is 0 Å². The fourth-order valence-electron chi connectivity index (χ4n) is 2.53. The maximum atomic E-state index is 12.4. The molecule has 0 saturated heterocycles. The van der Waals surface area contributed by atoms with Crippen LogP contribution < -0.4 is 20.5 Å². The van der Waals surface area contributed by atoms with Crippen molar-refractivity contribution in [2.24, 2.45) is 11.7 Å². The largest absolute Gasteiger partial charge is 0.493 e. The van der Waals surface area contributed by atoms with Gasteiger partial charge in [0.15, 0.2) is 11.5 Å². The minimum absolute atomic E-state index is 0.134. The van der Waals surface area contributed by atoms with Crippen LogP contribution in [0, 0.1) is 5.92 Å². The van der Waals surface area contributed by atoms with E-state index in [9.17, 15) is 4.79 Å². The zero-order chi connectivity index (χ0) is 18.4. The summed E-state index contributed by atoms with van der Waals surface area (Å²) in [7, 11) is 3.16. The predicted octanol–water partition coefficient (Wildman–Crippen LogP) is 3.14. The van der Waals surface area contributed by atoms with Gasteiger partial charge in [-0.2, -0.15) is 0 Å². The van der Waals surface area contributed by atoms with E-state index in [-0.39, 0.29) is 11.9 Å². The first-order valence-corrected chi connectivity index (χ1v) is 9.03. The molecular weight excluding hydrogens is 338 g/mol. The Morgan fingerprint density at radius 3 is 2.72 bits per heavy atom. The minimum Gasteiger partial charge on any atom is -0.493 e. The van der Waals surface area contributed by atoms with E-state index in [4.69, 9.17) is 15.2 Å². The molecule has 1 heterocycles. The van der Waals surface area contributed by atoms with E-state index in [1.54, 1.807) is 19.6 Å². The Hall–Kier alpha value is -2.12. The summed E-state index contributed by atoms with van der Waals surface area (Å²) >= 11 is 1.42. The number of nitrogens with zero attached hydrogens (tertiary/aromatic N) is 1. The van der Waals surface area contributed by atoms with Crippen LogP contribution in [0.3, 0.4) is 0 Å². The minimum atomic E-state index is -0.232. The van der Waals surface area contributed by atoms with Crippen molar-refractivity contribution in [3.8, 4) is 11.5 Å². The first-order chi connectivity index (χ1) is 12.0. The fourth-order valence-corrected chi connectivity index (χ4v) is 3.34. The number of rotatable bonds is 8. The van der Waals surface area contributed by atoms with Crippen molar-refractivity contribution in [2.45, 2.75) is 32.9 Å². The standard InChI is InChI=1S/C18H25N3O3S/c1-11(2)8-13(19)18-21-14(10-25-18)17(22)20-9-12-6-5-7-15(23-3)16(12)24-4/h5-7,10-11,13H,8-9,19H2,1-4H3,(H,20,22). The van der Waals surface area contributed by atoms with Gasteiger partial charge in [-0.15, -0.1) is 11.3 Å². The molecule has 0 fully saturated rings. The lowest BCUT2D eigenvalue weighted by Gasteiger charge is -2.13. The highest BCUT2D eigenvalue weighted by Crippen LogP contribution is 2.30. The van der Waals surface area contributed by atoms with Gasteiger partial charge in [-0.05, 0) is 18.4 Å². The van der Waals surface area contributed by atoms with Crippen molar-refractivity contribution >= 4 is 17.2 Å². The number of carbonyl (C=O) groups is 1. The number of amides is 1. The predicted molar refractivity (Wildman–Crippen MR) is 99.2 cm³/mol. The van der Waals surface area contributed by atoms with Crippen LogP contribution in [0.5, 0.6) is 11.5 Å². The molecule has 0 saturated carbocycles. The van der Waals surface area contributed by atoms with Crippen LogP contribution in [-0.4, -0.2) is 25.1 Å². The SMILES string of the molecule is COc1cccc(CNC(=O)c2csc(C(N)CC(C)C)n2)c1OC. The summed E-state index contributed by atoms with van der Waals surface area (Å²) in [6.07, 6.45) is 0.843. The van der Waals surface area contributed by atoms with E-state index in [1.165, 1.54) is 11.3 Å². The second kappa shape index (κ2) is 8.82. The molecule has 6 nitrogen and oxygen atoms in total. The van der Waals surface area contributed by atoms with E-state index in [0.29, 0.717) is 29.7 Å². The molecule has 1 amide bonds. The van der Waals surface area contributed by atoms with Crippen molar-refractivity contribution in [3.63, 3.8) is 0 Å². The Balaban J connectivity index is 2.03. The Bertz CT molecular complexity index is 715. The molecule has 25 heavy (non-hydrogen) atoms. The smallest absolute Gasteiger partial charge is 0.271 e. The molecule has 0 radical (unpaired) electrons. The monoisotopic (exact) mass is 363 g/mol. The quantitative estimate of drug-likeness (QED) is 0.752. The zero-order valence-electron chi connectivity index (χ0n) is 15.0. The number of benzene rings is 1. The van der Waals surface area contributed by atoms with Crippen LogP contribution in [-0.2, 0) is 6.54 Å². The van der Waals surface area contributed by atoms with Crippen molar-refractivity contribution < 1.29 is 14.3 Å². The first kappa shape index (κ1) is 19.2. The second-order valence-corrected chi connectivity index (χ2v) is 7.03. The number of nitrogens with two attached hydrogens (primary N) is 1. The van der Waals surface area contributed by atoms with E-state index < -0.39 is 0 Å². The van der Waals surface area contributed by atoms with Gasteiger partial charge >= 0.3 is 0 Å². The first-order valence-electron chi connectivity index (χ1n) is 8.15. The van der Waals surface area contributed by atoms with Crippen LogP contribution in [0.15, 0.2) is 23.6 Å². The normalized spacial score (nSPS) is 12.1. The molecule has 1 unspecified atom stereocenters. The van der Waals surface area contributed by atoms with E-state index >= 15 is 0 Å². The summed E-state index contributed by atoms with van der Waals surface area (Å²) in [5, 5.41) is 5.40. The maximum Gasteiger partial charge on any atom is 0.271 e. The number of ether oxygens (including phenoxy) is 2. The molecule has 136 valence electrons. The van der Waals surface area contributed by atoms with Crippen molar-refractivity contribution in [3.05, 3.63) is 39.8 Å². The van der Waals surface area contributed by atoms with Gasteiger partial charge in [0.05, 0.1) is 20.3 Å². The average molecular weight is 363 g/mol. The number of hydrogen-bond acceptors (Lipinski definition) is 6. The van der Waals surface area contributed by atoms with Crippen molar-refractivity contribution in [1.29, 1.82) is 0 Å². The average Bonchev–Trinajstić information content (AvgIpc) is 3.08. The topological polar surface area (TPSA) is 86.5 Å². The summed E-state index contributed by atoms with van der Waals surface area (Å²) in [4.78, 5) is 16.7. The van der Waals surface area contributed by atoms with E-state index in [2.05, 4.69) is 24.1 Å². The summed E-state index contributed by atoms with van der Waals surface area (Å²) in [5.41, 5.74) is 7.36. The Labute approximate surface area is 152 Å². The molecular formula is C18H25N3O3S. The van der Waals surface area contributed by atoms with Crippen molar-refractivity contribution in [1.82, 2.24) is 10.3 Å². The lowest BCUT2D eigenvalue weighted by Crippen LogP contribution is -2.23. The van der Waals surface area contributed by atoms with Crippen molar-refractivity contribution in [2.75, 3.05) is 14.2 Å². The van der Waals surface area contributed by atoms with Gasteiger partial charge in [0.1, 0.15) is 10.7 Å². The third-order valence-electron chi connectivity index (χ3n) is 3.72. The zero-order valence-corrected chi connectivity index (χ0v) is 15.9. The second-order valence-electron chi connectivity index (χ2n) is 6.14. The number of aromatic nitrogens is 1. The molecule has 7 heteroatoms. The third-order valence-corrected chi connectivity index (χ3v) is 4.70. The number of nitrogens with one attached hydrogen (secondary N) is 1. The number of hydrogen-bond donors (Lipinski definition) is 2. The summed E-state index contributed by atoms with van der Waals surface area (Å²) in [6.45, 7) is 4.55. The lowest BCUT2D eigenvalue weighted by molar-refractivity contribution is 0.0946. The van der Waals surface area contributed by atoms with E-state index in [1.807, 2.05) is 18.2 Å².